The van der Waals surface area contributed by atoms with Crippen molar-refractivity contribution in [3.63, 3.8) is 0 Å². The van der Waals surface area contributed by atoms with E-state index in [-0.39, 0.29) is 0 Å². The number of hydrogen-bond acceptors (Lipinski definition) is 2. The Morgan fingerprint density at radius 1 is 1.78 bits per heavy atom. The van der Waals surface area contributed by atoms with Crippen LogP contribution in [0.4, 0.5) is 0 Å². The van der Waals surface area contributed by atoms with Gasteiger partial charge in [-0.25, -0.2) is 0 Å². The lowest BCUT2D eigenvalue weighted by atomic mass is 10.5. The third kappa shape index (κ3) is 1.73. The van der Waals surface area contributed by atoms with Gasteiger partial charge in [-0.15, -0.1) is 0 Å². The number of halogens is 1. The normalized spacial score (nSPS) is 23.6. The maximum Gasteiger partial charge on any atom is 0.134 e. The van der Waals surface area contributed by atoms with E-state index < -0.39 is 0 Å². The molecule has 0 aliphatic heterocycles. The number of rotatable bonds is 1. The van der Waals surface area contributed by atoms with Gasteiger partial charge in [-0.05, 0) is 34.4 Å². The molecule has 1 atom stereocenters. The lowest BCUT2D eigenvalue weighted by Gasteiger charge is -1.98. The van der Waals surface area contributed by atoms with E-state index in [4.69, 9.17) is 5.26 Å². The van der Waals surface area contributed by atoms with E-state index in [0.717, 1.165) is 0 Å². The van der Waals surface area contributed by atoms with Crippen LogP contribution in [0.25, 0.3) is 0 Å². The molecule has 0 spiro atoms. The Morgan fingerprint density at radius 2 is 2.56 bits per heavy atom. The third-order valence-corrected chi connectivity index (χ3v) is 3.22. The van der Waals surface area contributed by atoms with Crippen molar-refractivity contribution in [2.75, 3.05) is 0 Å². The van der Waals surface area contributed by atoms with E-state index in [1.165, 1.54) is 15.3 Å². The minimum atomic E-state index is 0.301. The summed E-state index contributed by atoms with van der Waals surface area (Å²) in [5.41, 5.74) is 0. The van der Waals surface area contributed by atoms with Crippen LogP contribution in [0, 0.1) is 10.7 Å². The lowest BCUT2D eigenvalue weighted by Crippen LogP contribution is -1.90. The SMILES string of the molecule is N#CSC1C=CC=C1I. The van der Waals surface area contributed by atoms with Crippen LogP contribution >= 0.6 is 34.4 Å². The topological polar surface area (TPSA) is 23.8 Å². The quantitative estimate of drug-likeness (QED) is 0.526. The molecule has 0 saturated heterocycles. The molecule has 0 heterocycles. The van der Waals surface area contributed by atoms with Crippen LogP contribution in [0.5, 0.6) is 0 Å². The fourth-order valence-corrected chi connectivity index (χ4v) is 1.86. The van der Waals surface area contributed by atoms with E-state index in [1.54, 1.807) is 0 Å². The summed E-state index contributed by atoms with van der Waals surface area (Å²) < 4.78 is 1.24. The zero-order valence-electron chi connectivity index (χ0n) is 4.54. The highest BCUT2D eigenvalue weighted by molar-refractivity contribution is 14.1. The van der Waals surface area contributed by atoms with Crippen molar-refractivity contribution in [3.05, 3.63) is 21.8 Å². The molecule has 0 radical (unpaired) electrons. The number of allylic oxidation sites excluding steroid dienone is 2. The molecule has 1 aliphatic carbocycles. The standard InChI is InChI=1S/C6H4INS/c7-5-2-1-3-6(5)9-4-8/h1-3,6H. The molecule has 1 aliphatic rings. The summed E-state index contributed by atoms with van der Waals surface area (Å²) in [5.74, 6) is 0. The molecule has 46 valence electrons. The monoisotopic (exact) mass is 249 g/mol. The number of thioether (sulfide) groups is 1. The van der Waals surface area contributed by atoms with Crippen LogP contribution in [0.3, 0.4) is 0 Å². The van der Waals surface area contributed by atoms with Crippen LogP contribution in [-0.2, 0) is 0 Å². The highest BCUT2D eigenvalue weighted by atomic mass is 127. The van der Waals surface area contributed by atoms with Crippen molar-refractivity contribution in [2.24, 2.45) is 0 Å². The van der Waals surface area contributed by atoms with Gasteiger partial charge in [-0.1, -0.05) is 18.2 Å². The minimum Gasteiger partial charge on any atom is -0.185 e. The molecule has 1 rings (SSSR count). The number of hydrogen-bond donors (Lipinski definition) is 0. The Bertz CT molecular complexity index is 202. The van der Waals surface area contributed by atoms with Gasteiger partial charge in [0.1, 0.15) is 5.40 Å². The summed E-state index contributed by atoms with van der Waals surface area (Å²) in [7, 11) is 0. The number of thiocyanates is 1. The Kier molecular flexibility index (Phi) is 2.61. The molecule has 0 fully saturated rings. The van der Waals surface area contributed by atoms with E-state index in [9.17, 15) is 0 Å². The van der Waals surface area contributed by atoms with Gasteiger partial charge in [0.05, 0.1) is 5.25 Å². The van der Waals surface area contributed by atoms with Crippen molar-refractivity contribution < 1.29 is 0 Å². The Balaban J connectivity index is 2.55. The maximum atomic E-state index is 8.29. The average Bonchev–Trinajstić information content (AvgIpc) is 2.18. The molecule has 9 heavy (non-hydrogen) atoms. The lowest BCUT2D eigenvalue weighted by molar-refractivity contribution is 1.46. The molecule has 3 heteroatoms. The van der Waals surface area contributed by atoms with Crippen LogP contribution < -0.4 is 0 Å². The number of nitrogens with zero attached hydrogens (tertiary/aromatic N) is 1. The van der Waals surface area contributed by atoms with Gasteiger partial charge >= 0.3 is 0 Å². The molecule has 0 saturated carbocycles. The predicted octanol–water partition coefficient (Wildman–Crippen LogP) is 2.46. The van der Waals surface area contributed by atoms with Crippen molar-refractivity contribution in [2.45, 2.75) is 5.25 Å². The van der Waals surface area contributed by atoms with Gasteiger partial charge < -0.3 is 0 Å². The number of nitriles is 1. The van der Waals surface area contributed by atoms with Crippen LogP contribution in [0.2, 0.25) is 0 Å². The molecule has 1 unspecified atom stereocenters. The molecular weight excluding hydrogens is 245 g/mol. The van der Waals surface area contributed by atoms with E-state index >= 15 is 0 Å². The zero-order chi connectivity index (χ0) is 6.69. The zero-order valence-corrected chi connectivity index (χ0v) is 7.52. The summed E-state index contributed by atoms with van der Waals surface area (Å²) in [6, 6.07) is 0. The molecule has 0 N–H and O–H groups in total. The first kappa shape index (κ1) is 7.16. The predicted molar refractivity (Wildman–Crippen MR) is 48.2 cm³/mol. The van der Waals surface area contributed by atoms with Crippen LogP contribution in [-0.4, -0.2) is 5.25 Å². The van der Waals surface area contributed by atoms with Crippen molar-refractivity contribution >= 4 is 34.4 Å². The average molecular weight is 249 g/mol. The van der Waals surface area contributed by atoms with E-state index in [0.29, 0.717) is 5.25 Å². The van der Waals surface area contributed by atoms with Crippen molar-refractivity contribution in [1.29, 1.82) is 5.26 Å². The minimum absolute atomic E-state index is 0.301. The molecule has 0 bridgehead atoms. The fourth-order valence-electron chi connectivity index (χ4n) is 0.588. The second kappa shape index (κ2) is 3.28. The van der Waals surface area contributed by atoms with Gasteiger partial charge in [0.2, 0.25) is 0 Å². The molecule has 0 aromatic carbocycles. The Morgan fingerprint density at radius 3 is 3.00 bits per heavy atom. The Labute approximate surface area is 72.0 Å². The van der Waals surface area contributed by atoms with Crippen LogP contribution in [0.15, 0.2) is 21.8 Å². The summed E-state index contributed by atoms with van der Waals surface area (Å²) in [6.45, 7) is 0. The molecular formula is C6H4INS. The highest BCUT2D eigenvalue weighted by Gasteiger charge is 2.11. The van der Waals surface area contributed by atoms with Crippen LogP contribution in [0.1, 0.15) is 0 Å². The first-order valence-corrected chi connectivity index (χ1v) is 4.39. The largest absolute Gasteiger partial charge is 0.185 e. The first-order valence-electron chi connectivity index (χ1n) is 2.43. The van der Waals surface area contributed by atoms with Gasteiger partial charge in [-0.3, -0.25) is 0 Å². The maximum absolute atomic E-state index is 8.29. The summed E-state index contributed by atoms with van der Waals surface area (Å²) >= 11 is 3.53. The smallest absolute Gasteiger partial charge is 0.134 e. The molecule has 0 amide bonds. The Hall–Kier alpha value is 0.0500. The van der Waals surface area contributed by atoms with E-state index in [1.807, 2.05) is 18.2 Å². The van der Waals surface area contributed by atoms with Crippen molar-refractivity contribution in [3.8, 4) is 5.40 Å². The highest BCUT2D eigenvalue weighted by Crippen LogP contribution is 2.28. The molecule has 0 aromatic heterocycles. The summed E-state index contributed by atoms with van der Waals surface area (Å²) in [6.07, 6.45) is 6.03. The summed E-state index contributed by atoms with van der Waals surface area (Å²) in [5, 5.41) is 10.7. The second-order valence-electron chi connectivity index (χ2n) is 1.57. The summed E-state index contributed by atoms with van der Waals surface area (Å²) in [4.78, 5) is 0. The van der Waals surface area contributed by atoms with Crippen molar-refractivity contribution in [1.82, 2.24) is 0 Å². The molecule has 0 aromatic rings. The third-order valence-electron chi connectivity index (χ3n) is 0.993. The first-order chi connectivity index (χ1) is 4.34. The fraction of sp³-hybridized carbons (Fsp3) is 0.167. The van der Waals surface area contributed by atoms with Gasteiger partial charge in [0.15, 0.2) is 0 Å². The van der Waals surface area contributed by atoms with Gasteiger partial charge in [-0.2, -0.15) is 5.26 Å². The van der Waals surface area contributed by atoms with E-state index in [2.05, 4.69) is 28.0 Å². The molecule has 1 nitrogen and oxygen atoms in total. The van der Waals surface area contributed by atoms with Gasteiger partial charge in [0.25, 0.3) is 0 Å². The van der Waals surface area contributed by atoms with Gasteiger partial charge in [0, 0.05) is 3.58 Å². The second-order valence-corrected chi connectivity index (χ2v) is 3.74.